The molecule has 0 radical (unpaired) electrons. The summed E-state index contributed by atoms with van der Waals surface area (Å²) < 4.78 is 0. The second-order valence-corrected chi connectivity index (χ2v) is 6.95. The van der Waals surface area contributed by atoms with Gasteiger partial charge < -0.3 is 10.6 Å². The second-order valence-electron chi connectivity index (χ2n) is 6.95. The summed E-state index contributed by atoms with van der Waals surface area (Å²) in [4.78, 5) is 7.10. The van der Waals surface area contributed by atoms with Crippen LogP contribution in [0.2, 0.25) is 0 Å². The Balaban J connectivity index is 2.34. The molecule has 3 heteroatoms. The number of hydrogen-bond donors (Lipinski definition) is 1. The van der Waals surface area contributed by atoms with Crippen LogP contribution >= 0.6 is 0 Å². The van der Waals surface area contributed by atoms with E-state index in [4.69, 9.17) is 10.7 Å². The fraction of sp³-hybridized carbons (Fsp3) is 0.688. The predicted molar refractivity (Wildman–Crippen MR) is 82.7 cm³/mol. The van der Waals surface area contributed by atoms with Gasteiger partial charge in [0.25, 0.3) is 0 Å². The van der Waals surface area contributed by atoms with Crippen LogP contribution in [0, 0.1) is 12.8 Å². The first-order chi connectivity index (χ1) is 8.79. The van der Waals surface area contributed by atoms with Crippen molar-refractivity contribution in [1.82, 2.24) is 4.98 Å². The molecule has 1 aliphatic heterocycles. The zero-order valence-electron chi connectivity index (χ0n) is 13.0. The Labute approximate surface area is 117 Å². The molecule has 1 saturated heterocycles. The molecule has 2 heterocycles. The lowest BCUT2D eigenvalue weighted by atomic mass is 9.85. The topological polar surface area (TPSA) is 42.2 Å². The molecule has 1 aromatic rings. The average molecular weight is 261 g/mol. The third kappa shape index (κ3) is 3.02. The third-order valence-electron chi connectivity index (χ3n) is 4.15. The first kappa shape index (κ1) is 14.2. The standard InChI is InChI=1S/C16H27N3/c1-11-6-8-19(9-7-11)14-10-13(16(3,4)5)15(17)12(2)18-14/h10-11H,6-9,17H2,1-5H3. The van der Waals surface area contributed by atoms with E-state index in [9.17, 15) is 0 Å². The number of aromatic nitrogens is 1. The lowest BCUT2D eigenvalue weighted by Gasteiger charge is -2.33. The number of rotatable bonds is 1. The molecule has 0 unspecified atom stereocenters. The van der Waals surface area contributed by atoms with Crippen LogP contribution in [0.1, 0.15) is 51.8 Å². The van der Waals surface area contributed by atoms with Crippen molar-refractivity contribution in [3.63, 3.8) is 0 Å². The van der Waals surface area contributed by atoms with Crippen molar-refractivity contribution in [2.45, 2.75) is 52.9 Å². The SMILES string of the molecule is Cc1nc(N2CCC(C)CC2)cc(C(C)(C)C)c1N. The first-order valence-corrected chi connectivity index (χ1v) is 7.31. The van der Waals surface area contributed by atoms with Gasteiger partial charge in [0.15, 0.2) is 0 Å². The van der Waals surface area contributed by atoms with Gasteiger partial charge in [0.2, 0.25) is 0 Å². The van der Waals surface area contributed by atoms with Crippen molar-refractivity contribution < 1.29 is 0 Å². The molecule has 0 spiro atoms. The van der Waals surface area contributed by atoms with Crippen molar-refractivity contribution in [1.29, 1.82) is 0 Å². The number of piperidine rings is 1. The maximum atomic E-state index is 6.21. The van der Waals surface area contributed by atoms with Crippen LogP contribution in [-0.4, -0.2) is 18.1 Å². The minimum absolute atomic E-state index is 0.0651. The van der Waals surface area contributed by atoms with Crippen LogP contribution in [0.5, 0.6) is 0 Å². The first-order valence-electron chi connectivity index (χ1n) is 7.31. The number of aryl methyl sites for hydroxylation is 1. The molecule has 0 aromatic carbocycles. The van der Waals surface area contributed by atoms with Gasteiger partial charge in [0.1, 0.15) is 5.82 Å². The van der Waals surface area contributed by atoms with E-state index < -0.39 is 0 Å². The van der Waals surface area contributed by atoms with Crippen molar-refractivity contribution in [3.8, 4) is 0 Å². The van der Waals surface area contributed by atoms with Crippen LogP contribution in [0.25, 0.3) is 0 Å². The summed E-state index contributed by atoms with van der Waals surface area (Å²) in [5, 5.41) is 0. The molecule has 1 fully saturated rings. The van der Waals surface area contributed by atoms with Gasteiger partial charge in [-0.2, -0.15) is 0 Å². The number of nitrogens with zero attached hydrogens (tertiary/aromatic N) is 2. The molecule has 3 nitrogen and oxygen atoms in total. The molecule has 1 aliphatic rings. The maximum absolute atomic E-state index is 6.21. The van der Waals surface area contributed by atoms with Crippen molar-refractivity contribution >= 4 is 11.5 Å². The van der Waals surface area contributed by atoms with Gasteiger partial charge in [-0.25, -0.2) is 4.98 Å². The van der Waals surface area contributed by atoms with Crippen LogP contribution in [0.15, 0.2) is 6.07 Å². The van der Waals surface area contributed by atoms with E-state index in [0.717, 1.165) is 36.2 Å². The van der Waals surface area contributed by atoms with Gasteiger partial charge in [-0.15, -0.1) is 0 Å². The summed E-state index contributed by atoms with van der Waals surface area (Å²) in [6.07, 6.45) is 2.52. The van der Waals surface area contributed by atoms with E-state index in [0.29, 0.717) is 0 Å². The van der Waals surface area contributed by atoms with E-state index in [2.05, 4.69) is 38.7 Å². The van der Waals surface area contributed by atoms with Crippen molar-refractivity contribution in [2.24, 2.45) is 5.92 Å². The van der Waals surface area contributed by atoms with Crippen molar-refractivity contribution in [3.05, 3.63) is 17.3 Å². The Morgan fingerprint density at radius 3 is 2.37 bits per heavy atom. The smallest absolute Gasteiger partial charge is 0.129 e. The molecular formula is C16H27N3. The number of anilines is 2. The summed E-state index contributed by atoms with van der Waals surface area (Å²) in [6.45, 7) is 13.2. The minimum Gasteiger partial charge on any atom is -0.397 e. The number of pyridine rings is 1. The minimum atomic E-state index is 0.0651. The second kappa shape index (κ2) is 5.03. The molecule has 0 atom stereocenters. The number of nitrogen functional groups attached to an aromatic ring is 1. The van der Waals surface area contributed by atoms with Crippen LogP contribution in [0.3, 0.4) is 0 Å². The Bertz CT molecular complexity index is 452. The fourth-order valence-corrected chi connectivity index (χ4v) is 2.69. The van der Waals surface area contributed by atoms with Gasteiger partial charge in [-0.05, 0) is 42.7 Å². The van der Waals surface area contributed by atoms with E-state index in [1.165, 1.54) is 18.4 Å². The number of nitrogens with two attached hydrogens (primary N) is 1. The highest BCUT2D eigenvalue weighted by Gasteiger charge is 2.23. The van der Waals surface area contributed by atoms with Crippen LogP contribution < -0.4 is 10.6 Å². The molecule has 0 aliphatic carbocycles. The zero-order valence-corrected chi connectivity index (χ0v) is 13.0. The summed E-state index contributed by atoms with van der Waals surface area (Å²) in [6, 6.07) is 2.19. The highest BCUT2D eigenvalue weighted by atomic mass is 15.2. The Kier molecular flexibility index (Phi) is 3.75. The lowest BCUT2D eigenvalue weighted by molar-refractivity contribution is 0.436. The predicted octanol–water partition coefficient (Wildman–Crippen LogP) is 3.51. The Morgan fingerprint density at radius 2 is 1.84 bits per heavy atom. The quantitative estimate of drug-likeness (QED) is 0.841. The largest absolute Gasteiger partial charge is 0.397 e. The molecule has 1 aromatic heterocycles. The molecule has 2 N–H and O–H groups in total. The summed E-state index contributed by atoms with van der Waals surface area (Å²) in [7, 11) is 0. The Morgan fingerprint density at radius 1 is 1.26 bits per heavy atom. The molecule has 19 heavy (non-hydrogen) atoms. The Hall–Kier alpha value is -1.25. The lowest BCUT2D eigenvalue weighted by Crippen LogP contribution is -2.34. The van der Waals surface area contributed by atoms with E-state index in [-0.39, 0.29) is 5.41 Å². The molecule has 2 rings (SSSR count). The number of hydrogen-bond acceptors (Lipinski definition) is 3. The van der Waals surface area contributed by atoms with Gasteiger partial charge in [-0.1, -0.05) is 27.7 Å². The zero-order chi connectivity index (χ0) is 14.2. The average Bonchev–Trinajstić information content (AvgIpc) is 2.32. The highest BCUT2D eigenvalue weighted by Crippen LogP contribution is 2.33. The third-order valence-corrected chi connectivity index (χ3v) is 4.15. The van der Waals surface area contributed by atoms with Gasteiger partial charge in [-0.3, -0.25) is 0 Å². The molecule has 0 amide bonds. The molecule has 106 valence electrons. The van der Waals surface area contributed by atoms with E-state index >= 15 is 0 Å². The normalized spacial score (nSPS) is 17.8. The van der Waals surface area contributed by atoms with E-state index in [1.54, 1.807) is 0 Å². The van der Waals surface area contributed by atoms with Gasteiger partial charge in [0, 0.05) is 13.1 Å². The summed E-state index contributed by atoms with van der Waals surface area (Å²) >= 11 is 0. The van der Waals surface area contributed by atoms with Gasteiger partial charge >= 0.3 is 0 Å². The maximum Gasteiger partial charge on any atom is 0.129 e. The highest BCUT2D eigenvalue weighted by molar-refractivity contribution is 5.59. The summed E-state index contributed by atoms with van der Waals surface area (Å²) in [5.41, 5.74) is 9.30. The van der Waals surface area contributed by atoms with Crippen LogP contribution in [-0.2, 0) is 5.41 Å². The molecular weight excluding hydrogens is 234 g/mol. The molecule has 0 bridgehead atoms. The molecule has 0 saturated carbocycles. The summed E-state index contributed by atoms with van der Waals surface area (Å²) in [5.74, 6) is 1.94. The van der Waals surface area contributed by atoms with E-state index in [1.807, 2.05) is 6.92 Å². The van der Waals surface area contributed by atoms with Crippen LogP contribution in [0.4, 0.5) is 11.5 Å². The fourth-order valence-electron chi connectivity index (χ4n) is 2.69. The monoisotopic (exact) mass is 261 g/mol. The van der Waals surface area contributed by atoms with Gasteiger partial charge in [0.05, 0.1) is 11.4 Å². The van der Waals surface area contributed by atoms with Crippen molar-refractivity contribution in [2.75, 3.05) is 23.7 Å².